The van der Waals surface area contributed by atoms with Crippen LogP contribution in [0.2, 0.25) is 5.02 Å². The SMILES string of the molecule is O=C(OCc1nncn1C1CC1)c1cc(Cl)cc(C(F)(F)F)c1. The average Bonchev–Trinajstić information content (AvgIpc) is 3.22. The molecular weight excluding hydrogens is 335 g/mol. The maximum atomic E-state index is 12.7. The Morgan fingerprint density at radius 1 is 1.35 bits per heavy atom. The molecule has 2 aromatic rings. The van der Waals surface area contributed by atoms with Crippen molar-refractivity contribution in [2.24, 2.45) is 0 Å². The predicted molar refractivity (Wildman–Crippen MR) is 73.9 cm³/mol. The molecule has 1 fully saturated rings. The summed E-state index contributed by atoms with van der Waals surface area (Å²) in [5.74, 6) is -0.442. The summed E-state index contributed by atoms with van der Waals surface area (Å²) < 4.78 is 45.0. The standard InChI is InChI=1S/C14H11ClF3N3O2/c15-10-4-8(3-9(5-10)14(16,17)18)13(22)23-6-12-20-19-7-21(12)11-1-2-11/h3-5,7,11H,1-2,6H2. The molecule has 1 aliphatic carbocycles. The molecule has 3 rings (SSSR count). The lowest BCUT2D eigenvalue weighted by Gasteiger charge is -2.10. The van der Waals surface area contributed by atoms with E-state index in [0.717, 1.165) is 25.0 Å². The van der Waals surface area contributed by atoms with Crippen LogP contribution >= 0.6 is 11.6 Å². The maximum absolute atomic E-state index is 12.7. The summed E-state index contributed by atoms with van der Waals surface area (Å²) in [7, 11) is 0. The van der Waals surface area contributed by atoms with Gasteiger partial charge in [0.15, 0.2) is 12.4 Å². The summed E-state index contributed by atoms with van der Waals surface area (Å²) in [4.78, 5) is 12.0. The molecule has 1 heterocycles. The summed E-state index contributed by atoms with van der Waals surface area (Å²) in [5, 5.41) is 7.41. The van der Waals surface area contributed by atoms with Crippen molar-refractivity contribution in [3.8, 4) is 0 Å². The van der Waals surface area contributed by atoms with E-state index in [9.17, 15) is 18.0 Å². The number of hydrogen-bond acceptors (Lipinski definition) is 4. The molecular formula is C14H11ClF3N3O2. The first-order valence-corrected chi connectivity index (χ1v) is 7.15. The number of alkyl halides is 3. The lowest BCUT2D eigenvalue weighted by Crippen LogP contribution is -2.11. The van der Waals surface area contributed by atoms with Gasteiger partial charge in [-0.05, 0) is 31.0 Å². The summed E-state index contributed by atoms with van der Waals surface area (Å²) >= 11 is 5.64. The van der Waals surface area contributed by atoms with Gasteiger partial charge < -0.3 is 9.30 Å². The number of halogens is 4. The Bertz CT molecular complexity index is 741. The van der Waals surface area contributed by atoms with E-state index in [4.69, 9.17) is 16.3 Å². The summed E-state index contributed by atoms with van der Waals surface area (Å²) in [6.07, 6.45) is -1.04. The molecule has 23 heavy (non-hydrogen) atoms. The van der Waals surface area contributed by atoms with E-state index in [2.05, 4.69) is 10.2 Å². The zero-order valence-corrected chi connectivity index (χ0v) is 12.4. The third-order valence-electron chi connectivity index (χ3n) is 3.38. The van der Waals surface area contributed by atoms with Gasteiger partial charge in [0, 0.05) is 11.1 Å². The van der Waals surface area contributed by atoms with E-state index in [0.29, 0.717) is 17.9 Å². The van der Waals surface area contributed by atoms with Crippen molar-refractivity contribution < 1.29 is 22.7 Å². The molecule has 0 radical (unpaired) electrons. The second-order valence-corrected chi connectivity index (χ2v) is 5.62. The van der Waals surface area contributed by atoms with Crippen LogP contribution in [0.3, 0.4) is 0 Å². The molecule has 0 aliphatic heterocycles. The Kier molecular flexibility index (Phi) is 4.01. The molecule has 1 aliphatic rings. The van der Waals surface area contributed by atoms with E-state index in [1.807, 2.05) is 0 Å². The number of carbonyl (C=O) groups is 1. The largest absolute Gasteiger partial charge is 0.454 e. The lowest BCUT2D eigenvalue weighted by atomic mass is 10.1. The molecule has 1 aromatic heterocycles. The van der Waals surface area contributed by atoms with Gasteiger partial charge in [0.2, 0.25) is 0 Å². The first kappa shape index (κ1) is 15.8. The van der Waals surface area contributed by atoms with Gasteiger partial charge in [-0.15, -0.1) is 10.2 Å². The van der Waals surface area contributed by atoms with Gasteiger partial charge in [-0.2, -0.15) is 13.2 Å². The van der Waals surface area contributed by atoms with Crippen LogP contribution < -0.4 is 0 Å². The van der Waals surface area contributed by atoms with Gasteiger partial charge in [-0.3, -0.25) is 0 Å². The molecule has 0 unspecified atom stereocenters. The zero-order chi connectivity index (χ0) is 16.6. The van der Waals surface area contributed by atoms with Crippen LogP contribution in [0.25, 0.3) is 0 Å². The molecule has 1 aromatic carbocycles. The van der Waals surface area contributed by atoms with Gasteiger partial charge in [0.25, 0.3) is 0 Å². The van der Waals surface area contributed by atoms with Crippen LogP contribution in [0.4, 0.5) is 13.2 Å². The zero-order valence-electron chi connectivity index (χ0n) is 11.7. The number of benzene rings is 1. The number of aromatic nitrogens is 3. The molecule has 5 nitrogen and oxygen atoms in total. The normalized spacial score (nSPS) is 14.8. The smallest absolute Gasteiger partial charge is 0.416 e. The Balaban J connectivity index is 1.73. The monoisotopic (exact) mass is 345 g/mol. The number of carbonyl (C=O) groups excluding carboxylic acids is 1. The van der Waals surface area contributed by atoms with Gasteiger partial charge in [-0.25, -0.2) is 4.79 Å². The molecule has 9 heteroatoms. The molecule has 0 atom stereocenters. The summed E-state index contributed by atoms with van der Waals surface area (Å²) in [6, 6.07) is 2.90. The predicted octanol–water partition coefficient (Wildman–Crippen LogP) is 3.64. The molecule has 122 valence electrons. The van der Waals surface area contributed by atoms with Crippen molar-refractivity contribution in [3.05, 3.63) is 46.5 Å². The second kappa shape index (κ2) is 5.84. The molecule has 0 N–H and O–H groups in total. The summed E-state index contributed by atoms with van der Waals surface area (Å²) in [6.45, 7) is -0.163. The second-order valence-electron chi connectivity index (χ2n) is 5.19. The molecule has 0 saturated heterocycles. The van der Waals surface area contributed by atoms with Crippen LogP contribution in [0, 0.1) is 0 Å². The third-order valence-corrected chi connectivity index (χ3v) is 3.60. The minimum atomic E-state index is -4.59. The van der Waals surface area contributed by atoms with Gasteiger partial charge >= 0.3 is 12.1 Å². The number of rotatable bonds is 4. The Morgan fingerprint density at radius 3 is 2.74 bits per heavy atom. The number of nitrogens with zero attached hydrogens (tertiary/aromatic N) is 3. The highest BCUT2D eigenvalue weighted by Crippen LogP contribution is 2.35. The first-order chi connectivity index (χ1) is 10.8. The van der Waals surface area contributed by atoms with Crippen molar-refractivity contribution in [2.45, 2.75) is 31.7 Å². The van der Waals surface area contributed by atoms with E-state index in [1.54, 1.807) is 10.9 Å². The lowest BCUT2D eigenvalue weighted by molar-refractivity contribution is -0.137. The molecule has 0 spiro atoms. The van der Waals surface area contributed by atoms with E-state index >= 15 is 0 Å². The Labute approximate surface area is 134 Å². The number of ether oxygens (including phenoxy) is 1. The molecule has 1 saturated carbocycles. The fourth-order valence-corrected chi connectivity index (χ4v) is 2.35. The summed E-state index contributed by atoms with van der Waals surface area (Å²) in [5.41, 5.74) is -1.26. The van der Waals surface area contributed by atoms with Gasteiger partial charge in [-0.1, -0.05) is 11.6 Å². The van der Waals surface area contributed by atoms with Crippen LogP contribution in [-0.2, 0) is 17.5 Å². The highest BCUT2D eigenvalue weighted by molar-refractivity contribution is 6.31. The average molecular weight is 346 g/mol. The minimum Gasteiger partial charge on any atom is -0.454 e. The minimum absolute atomic E-state index is 0.163. The maximum Gasteiger partial charge on any atom is 0.416 e. The van der Waals surface area contributed by atoms with Crippen LogP contribution in [0.15, 0.2) is 24.5 Å². The van der Waals surface area contributed by atoms with Crippen molar-refractivity contribution in [2.75, 3.05) is 0 Å². The quantitative estimate of drug-likeness (QED) is 0.794. The fraction of sp³-hybridized carbons (Fsp3) is 0.357. The van der Waals surface area contributed by atoms with Crippen molar-refractivity contribution >= 4 is 17.6 Å². The molecule has 0 amide bonds. The topological polar surface area (TPSA) is 57.0 Å². The number of hydrogen-bond donors (Lipinski definition) is 0. The number of esters is 1. The van der Waals surface area contributed by atoms with Crippen molar-refractivity contribution in [3.63, 3.8) is 0 Å². The fourth-order valence-electron chi connectivity index (χ4n) is 2.11. The van der Waals surface area contributed by atoms with E-state index < -0.39 is 17.7 Å². The van der Waals surface area contributed by atoms with Crippen molar-refractivity contribution in [1.29, 1.82) is 0 Å². The van der Waals surface area contributed by atoms with Gasteiger partial charge in [0.05, 0.1) is 11.1 Å². The van der Waals surface area contributed by atoms with Crippen molar-refractivity contribution in [1.82, 2.24) is 14.8 Å². The van der Waals surface area contributed by atoms with Gasteiger partial charge in [0.1, 0.15) is 6.33 Å². The van der Waals surface area contributed by atoms with E-state index in [1.165, 1.54) is 0 Å². The molecule has 0 bridgehead atoms. The highest BCUT2D eigenvalue weighted by atomic mass is 35.5. The first-order valence-electron chi connectivity index (χ1n) is 6.78. The highest BCUT2D eigenvalue weighted by Gasteiger charge is 2.32. The van der Waals surface area contributed by atoms with Crippen LogP contribution in [0.1, 0.15) is 40.6 Å². The van der Waals surface area contributed by atoms with Crippen LogP contribution in [-0.4, -0.2) is 20.7 Å². The Morgan fingerprint density at radius 2 is 2.09 bits per heavy atom. The Hall–Kier alpha value is -2.09. The van der Waals surface area contributed by atoms with Crippen LogP contribution in [0.5, 0.6) is 0 Å². The van der Waals surface area contributed by atoms with E-state index in [-0.39, 0.29) is 17.2 Å². The third kappa shape index (κ3) is 3.64.